The van der Waals surface area contributed by atoms with Crippen LogP contribution < -0.4 is 4.74 Å². The molecule has 0 atom stereocenters. The second kappa shape index (κ2) is 9.29. The Morgan fingerprint density at radius 3 is 2.52 bits per heavy atom. The van der Waals surface area contributed by atoms with Crippen LogP contribution in [0.15, 0.2) is 36.5 Å². The summed E-state index contributed by atoms with van der Waals surface area (Å²) in [5, 5.41) is 0. The lowest BCUT2D eigenvalue weighted by Crippen LogP contribution is -1.98. The lowest BCUT2D eigenvalue weighted by Gasteiger charge is -2.09. The van der Waals surface area contributed by atoms with Gasteiger partial charge in [0.2, 0.25) is 0 Å². The highest BCUT2D eigenvalue weighted by molar-refractivity contribution is 5.61. The van der Waals surface area contributed by atoms with Gasteiger partial charge in [-0.05, 0) is 36.6 Å². The molecule has 23 heavy (non-hydrogen) atoms. The van der Waals surface area contributed by atoms with Crippen molar-refractivity contribution in [2.24, 2.45) is 0 Å². The first kappa shape index (κ1) is 17.5. The zero-order valence-electron chi connectivity index (χ0n) is 14.1. The highest BCUT2D eigenvalue weighted by Gasteiger charge is 2.08. The van der Waals surface area contributed by atoms with E-state index in [0.717, 1.165) is 25.7 Å². The summed E-state index contributed by atoms with van der Waals surface area (Å²) in [5.41, 5.74) is 2.37. The van der Waals surface area contributed by atoms with Gasteiger partial charge in [0.15, 0.2) is 0 Å². The molecule has 0 N–H and O–H groups in total. The average Bonchev–Trinajstić information content (AvgIpc) is 2.56. The first-order valence-corrected chi connectivity index (χ1v) is 8.62. The van der Waals surface area contributed by atoms with E-state index >= 15 is 0 Å². The van der Waals surface area contributed by atoms with Gasteiger partial charge >= 0.3 is 0 Å². The summed E-state index contributed by atoms with van der Waals surface area (Å²) in [7, 11) is 0. The van der Waals surface area contributed by atoms with Crippen molar-refractivity contribution in [2.75, 3.05) is 6.61 Å². The zero-order valence-corrected chi connectivity index (χ0v) is 14.1. The molecule has 0 saturated carbocycles. The van der Waals surface area contributed by atoms with Crippen molar-refractivity contribution in [3.05, 3.63) is 47.9 Å². The molecule has 0 aliphatic heterocycles. The van der Waals surface area contributed by atoms with Gasteiger partial charge in [-0.25, -0.2) is 4.39 Å². The van der Waals surface area contributed by atoms with Crippen LogP contribution in [0.25, 0.3) is 11.3 Å². The molecule has 124 valence electrons. The molecule has 2 aromatic rings. The van der Waals surface area contributed by atoms with E-state index in [1.807, 2.05) is 24.4 Å². The molecule has 3 heteroatoms. The van der Waals surface area contributed by atoms with E-state index in [0.29, 0.717) is 23.6 Å². The van der Waals surface area contributed by atoms with Crippen molar-refractivity contribution in [1.29, 1.82) is 0 Å². The molecule has 0 radical (unpaired) electrons. The minimum absolute atomic E-state index is 0.285. The van der Waals surface area contributed by atoms with E-state index in [-0.39, 0.29) is 5.82 Å². The molecule has 0 aliphatic carbocycles. The Bertz CT molecular complexity index is 595. The smallest absolute Gasteiger partial charge is 0.136 e. The first-order chi connectivity index (χ1) is 11.2. The molecular formula is C20H26FNO. The molecule has 0 aliphatic rings. The van der Waals surface area contributed by atoms with Crippen LogP contribution in [-0.4, -0.2) is 11.6 Å². The minimum atomic E-state index is -0.285. The van der Waals surface area contributed by atoms with Gasteiger partial charge in [-0.3, -0.25) is 4.98 Å². The van der Waals surface area contributed by atoms with Crippen LogP contribution in [0.4, 0.5) is 4.39 Å². The Morgan fingerprint density at radius 2 is 1.87 bits per heavy atom. The summed E-state index contributed by atoms with van der Waals surface area (Å²) in [6.45, 7) is 4.95. The number of rotatable bonds is 9. The van der Waals surface area contributed by atoms with Gasteiger partial charge in [-0.1, -0.05) is 45.6 Å². The third-order valence-electron chi connectivity index (χ3n) is 3.85. The van der Waals surface area contributed by atoms with Crippen LogP contribution in [0, 0.1) is 5.82 Å². The van der Waals surface area contributed by atoms with Crippen molar-refractivity contribution < 1.29 is 9.13 Å². The van der Waals surface area contributed by atoms with Crippen LogP contribution >= 0.6 is 0 Å². The molecule has 0 unspecified atom stereocenters. The van der Waals surface area contributed by atoms with Crippen LogP contribution in [0.2, 0.25) is 0 Å². The van der Waals surface area contributed by atoms with Gasteiger partial charge < -0.3 is 4.74 Å². The fourth-order valence-corrected chi connectivity index (χ4v) is 2.53. The van der Waals surface area contributed by atoms with Crippen molar-refractivity contribution in [3.63, 3.8) is 0 Å². The third-order valence-corrected chi connectivity index (χ3v) is 3.85. The Labute approximate surface area is 138 Å². The minimum Gasteiger partial charge on any atom is -0.493 e. The number of ether oxygens (including phenoxy) is 1. The summed E-state index contributed by atoms with van der Waals surface area (Å²) in [5.74, 6) is 0.303. The summed E-state index contributed by atoms with van der Waals surface area (Å²) < 4.78 is 19.9. The Balaban J connectivity index is 1.98. The van der Waals surface area contributed by atoms with E-state index in [4.69, 9.17) is 4.74 Å². The van der Waals surface area contributed by atoms with Gasteiger partial charge in [0, 0.05) is 17.8 Å². The molecular weight excluding hydrogens is 289 g/mol. The number of aryl methyl sites for hydroxylation is 1. The predicted molar refractivity (Wildman–Crippen MR) is 93.3 cm³/mol. The molecule has 1 aromatic heterocycles. The van der Waals surface area contributed by atoms with Crippen molar-refractivity contribution in [1.82, 2.24) is 4.98 Å². The summed E-state index contributed by atoms with van der Waals surface area (Å²) in [6.07, 6.45) is 8.50. The number of hydrogen-bond donors (Lipinski definition) is 0. The number of nitrogens with zero attached hydrogens (tertiary/aromatic N) is 1. The van der Waals surface area contributed by atoms with E-state index in [1.54, 1.807) is 6.07 Å². The lowest BCUT2D eigenvalue weighted by molar-refractivity contribution is 0.303. The topological polar surface area (TPSA) is 22.1 Å². The van der Waals surface area contributed by atoms with Crippen LogP contribution in [0.1, 0.15) is 51.5 Å². The molecule has 2 nitrogen and oxygen atoms in total. The first-order valence-electron chi connectivity index (χ1n) is 8.62. The van der Waals surface area contributed by atoms with Gasteiger partial charge in [0.25, 0.3) is 0 Å². The molecule has 0 amide bonds. The predicted octanol–water partition coefficient (Wildman–Crippen LogP) is 5.80. The maximum Gasteiger partial charge on any atom is 0.136 e. The zero-order chi connectivity index (χ0) is 16.5. The summed E-state index contributed by atoms with van der Waals surface area (Å²) >= 11 is 0. The second-order valence-corrected chi connectivity index (χ2v) is 5.85. The van der Waals surface area contributed by atoms with E-state index in [9.17, 15) is 4.39 Å². The Morgan fingerprint density at radius 1 is 1.00 bits per heavy atom. The number of unbranched alkanes of at least 4 members (excludes halogenated alkanes) is 3. The van der Waals surface area contributed by atoms with Crippen LogP contribution in [-0.2, 0) is 6.42 Å². The molecule has 1 heterocycles. The van der Waals surface area contributed by atoms with Crippen molar-refractivity contribution >= 4 is 0 Å². The second-order valence-electron chi connectivity index (χ2n) is 5.85. The number of benzene rings is 1. The monoisotopic (exact) mass is 315 g/mol. The number of pyridine rings is 1. The molecule has 0 spiro atoms. The fourth-order valence-electron chi connectivity index (χ4n) is 2.53. The Kier molecular flexibility index (Phi) is 7.05. The maximum atomic E-state index is 14.3. The van der Waals surface area contributed by atoms with Crippen LogP contribution in [0.3, 0.4) is 0 Å². The number of halogens is 1. The van der Waals surface area contributed by atoms with E-state index < -0.39 is 0 Å². The van der Waals surface area contributed by atoms with E-state index in [2.05, 4.69) is 18.8 Å². The quantitative estimate of drug-likeness (QED) is 0.546. The number of hydrogen-bond acceptors (Lipinski definition) is 2. The normalized spacial score (nSPS) is 10.7. The number of aromatic nitrogens is 1. The van der Waals surface area contributed by atoms with Crippen LogP contribution in [0.5, 0.6) is 5.75 Å². The molecule has 0 saturated heterocycles. The van der Waals surface area contributed by atoms with Gasteiger partial charge in [-0.15, -0.1) is 0 Å². The largest absolute Gasteiger partial charge is 0.493 e. The van der Waals surface area contributed by atoms with Crippen molar-refractivity contribution in [3.8, 4) is 17.0 Å². The fraction of sp³-hybridized carbons (Fsp3) is 0.450. The summed E-state index contributed by atoms with van der Waals surface area (Å²) in [6, 6.07) is 8.92. The van der Waals surface area contributed by atoms with Gasteiger partial charge in [0.05, 0.1) is 12.3 Å². The highest BCUT2D eigenvalue weighted by Crippen LogP contribution is 2.25. The standard InChI is InChI=1S/C20H26FNO/c1-3-5-6-7-13-23-17-10-11-18(19(21)14-17)20-12-9-16(8-4-2)15-22-20/h9-12,14-15H,3-8,13H2,1-2H3. The third kappa shape index (κ3) is 5.34. The molecule has 1 aromatic carbocycles. The molecule has 2 rings (SSSR count). The van der Waals surface area contributed by atoms with Crippen molar-refractivity contribution in [2.45, 2.75) is 52.4 Å². The Hall–Kier alpha value is -1.90. The molecule has 0 fully saturated rings. The van der Waals surface area contributed by atoms with E-state index in [1.165, 1.54) is 24.5 Å². The molecule has 0 bridgehead atoms. The highest BCUT2D eigenvalue weighted by atomic mass is 19.1. The SMILES string of the molecule is CCCCCCOc1ccc(-c2ccc(CCC)cn2)c(F)c1. The van der Waals surface area contributed by atoms with Gasteiger partial charge in [-0.2, -0.15) is 0 Å². The average molecular weight is 315 g/mol. The van der Waals surface area contributed by atoms with Gasteiger partial charge in [0.1, 0.15) is 11.6 Å². The lowest BCUT2D eigenvalue weighted by atomic mass is 10.1. The maximum absolute atomic E-state index is 14.3. The summed E-state index contributed by atoms with van der Waals surface area (Å²) in [4.78, 5) is 4.37.